The molecule has 0 unspecified atom stereocenters. The van der Waals surface area contributed by atoms with E-state index in [9.17, 15) is 4.79 Å². The highest BCUT2D eigenvalue weighted by Crippen LogP contribution is 2.25. The minimum Gasteiger partial charge on any atom is -0.290 e. The Morgan fingerprint density at radius 1 is 0.676 bits per heavy atom. The van der Waals surface area contributed by atoms with Crippen molar-refractivity contribution in [3.05, 3.63) is 118 Å². The molecule has 2 heteroatoms. The van der Waals surface area contributed by atoms with Gasteiger partial charge in [-0.05, 0) is 51.8 Å². The number of Topliss-reactive ketones (excluding diaryl/α,β-unsaturated/α-hetero) is 1. The topological polar surface area (TPSA) is 20.3 Å². The first-order valence-corrected chi connectivity index (χ1v) is 12.3. The zero-order valence-corrected chi connectivity index (χ0v) is 20.8. The molecular weight excluding hydrogens is 414 g/mol. The Balaban J connectivity index is 1.65. The first-order chi connectivity index (χ1) is 16.4. The lowest BCUT2D eigenvalue weighted by Crippen LogP contribution is -2.37. The van der Waals surface area contributed by atoms with E-state index < -0.39 is 0 Å². The highest BCUT2D eigenvalue weighted by Gasteiger charge is 2.26. The molecule has 0 N–H and O–H groups in total. The van der Waals surface area contributed by atoms with E-state index in [0.29, 0.717) is 24.9 Å². The Hall–Kier alpha value is -3.23. The van der Waals surface area contributed by atoms with Gasteiger partial charge in [0.2, 0.25) is 0 Å². The quantitative estimate of drug-likeness (QED) is 0.363. The van der Waals surface area contributed by atoms with Crippen LogP contribution < -0.4 is 0 Å². The third kappa shape index (κ3) is 6.01. The summed E-state index contributed by atoms with van der Waals surface area (Å²) in [6.07, 6.45) is 4.14. The normalized spacial score (nSPS) is 17.3. The lowest BCUT2D eigenvalue weighted by molar-refractivity contribution is -0.113. The van der Waals surface area contributed by atoms with Gasteiger partial charge in [0.25, 0.3) is 0 Å². The van der Waals surface area contributed by atoms with Crippen LogP contribution in [0.15, 0.2) is 90.0 Å². The van der Waals surface area contributed by atoms with Crippen molar-refractivity contribution in [2.24, 2.45) is 0 Å². The van der Waals surface area contributed by atoms with Gasteiger partial charge < -0.3 is 0 Å². The predicted molar refractivity (Wildman–Crippen MR) is 144 cm³/mol. The highest BCUT2D eigenvalue weighted by atomic mass is 16.1. The Kier molecular flexibility index (Phi) is 7.59. The van der Waals surface area contributed by atoms with Gasteiger partial charge in [0.15, 0.2) is 5.78 Å². The van der Waals surface area contributed by atoms with Crippen LogP contribution in [0.1, 0.15) is 67.3 Å². The van der Waals surface area contributed by atoms with Gasteiger partial charge in [-0.25, -0.2) is 0 Å². The molecule has 2 nitrogen and oxygen atoms in total. The minimum absolute atomic E-state index is 0.158. The average Bonchev–Trinajstić information content (AvgIpc) is 2.83. The van der Waals surface area contributed by atoms with Crippen molar-refractivity contribution >= 4 is 17.9 Å². The molecule has 0 saturated carbocycles. The van der Waals surface area contributed by atoms with E-state index in [-0.39, 0.29) is 5.78 Å². The first-order valence-electron chi connectivity index (χ1n) is 12.3. The van der Waals surface area contributed by atoms with Gasteiger partial charge in [-0.2, -0.15) is 0 Å². The van der Waals surface area contributed by atoms with E-state index in [1.165, 1.54) is 16.7 Å². The predicted octanol–water partition coefficient (Wildman–Crippen LogP) is 7.49. The van der Waals surface area contributed by atoms with Crippen LogP contribution in [-0.2, 0) is 11.3 Å². The minimum atomic E-state index is 0.158. The van der Waals surface area contributed by atoms with E-state index in [0.717, 1.165) is 28.8 Å². The fraction of sp³-hybridized carbons (Fsp3) is 0.281. The average molecular weight is 450 g/mol. The Morgan fingerprint density at radius 3 is 1.53 bits per heavy atom. The van der Waals surface area contributed by atoms with Gasteiger partial charge in [-0.3, -0.25) is 9.69 Å². The van der Waals surface area contributed by atoms with Crippen molar-refractivity contribution in [1.29, 1.82) is 0 Å². The lowest BCUT2D eigenvalue weighted by Gasteiger charge is -2.30. The Bertz CT molecular complexity index is 1090. The smallest absolute Gasteiger partial charge is 0.187 e. The molecule has 1 aliphatic rings. The number of hydrogen-bond acceptors (Lipinski definition) is 2. The monoisotopic (exact) mass is 449 g/mol. The molecule has 0 amide bonds. The van der Waals surface area contributed by atoms with E-state index in [2.05, 4.69) is 118 Å². The number of benzene rings is 3. The Labute approximate surface area is 204 Å². The van der Waals surface area contributed by atoms with Crippen LogP contribution in [-0.4, -0.2) is 23.8 Å². The number of hydrogen-bond donors (Lipinski definition) is 0. The zero-order chi connectivity index (χ0) is 24.1. The molecule has 1 saturated heterocycles. The molecule has 0 spiro atoms. The number of carbonyl (C=O) groups is 1. The SMILES string of the molecule is CC(C)c1ccc(/C=C2\CN(Cc3ccccc3)C/C(=C\c3ccc(C(C)C)cc3)C2=O)cc1. The molecule has 1 heterocycles. The maximum atomic E-state index is 13.5. The summed E-state index contributed by atoms with van der Waals surface area (Å²) in [6, 6.07) is 27.7. The second-order valence-electron chi connectivity index (χ2n) is 9.94. The van der Waals surface area contributed by atoms with Crippen molar-refractivity contribution in [2.75, 3.05) is 13.1 Å². The van der Waals surface area contributed by atoms with Crippen molar-refractivity contribution in [3.63, 3.8) is 0 Å². The van der Waals surface area contributed by atoms with Gasteiger partial charge in [-0.1, -0.05) is 107 Å². The van der Waals surface area contributed by atoms with Crippen LogP contribution in [0.2, 0.25) is 0 Å². The zero-order valence-electron chi connectivity index (χ0n) is 20.8. The number of nitrogens with zero attached hydrogens (tertiary/aromatic N) is 1. The summed E-state index contributed by atoms with van der Waals surface area (Å²) in [5.74, 6) is 1.15. The fourth-order valence-electron chi connectivity index (χ4n) is 4.42. The third-order valence-electron chi connectivity index (χ3n) is 6.51. The lowest BCUT2D eigenvalue weighted by atomic mass is 9.93. The van der Waals surface area contributed by atoms with E-state index in [1.807, 2.05) is 6.07 Å². The molecule has 3 aromatic rings. The van der Waals surface area contributed by atoms with Crippen molar-refractivity contribution in [1.82, 2.24) is 4.90 Å². The maximum Gasteiger partial charge on any atom is 0.187 e. The molecular formula is C32H35NO. The summed E-state index contributed by atoms with van der Waals surface area (Å²) >= 11 is 0. The van der Waals surface area contributed by atoms with E-state index in [4.69, 9.17) is 0 Å². The summed E-state index contributed by atoms with van der Waals surface area (Å²) < 4.78 is 0. The fourth-order valence-corrected chi connectivity index (χ4v) is 4.42. The van der Waals surface area contributed by atoms with Crippen LogP contribution >= 0.6 is 0 Å². The molecule has 0 aliphatic carbocycles. The number of rotatable bonds is 6. The van der Waals surface area contributed by atoms with Crippen molar-refractivity contribution in [3.8, 4) is 0 Å². The molecule has 174 valence electrons. The Morgan fingerprint density at radius 2 is 1.12 bits per heavy atom. The first kappa shape index (κ1) is 23.9. The van der Waals surface area contributed by atoms with Crippen molar-refractivity contribution < 1.29 is 4.79 Å². The molecule has 4 rings (SSSR count). The summed E-state index contributed by atoms with van der Waals surface area (Å²) in [4.78, 5) is 15.9. The summed E-state index contributed by atoms with van der Waals surface area (Å²) in [5, 5.41) is 0. The standard InChI is InChI=1S/C32H35NO/c1-23(2)28-14-10-25(11-15-28)18-30-21-33(20-27-8-6-5-7-9-27)22-31(32(30)34)19-26-12-16-29(17-13-26)24(3)4/h5-19,23-24H,20-22H2,1-4H3/b30-18+,31-19+. The number of carbonyl (C=O) groups excluding carboxylic acids is 1. The number of piperidine rings is 1. The van der Waals surface area contributed by atoms with Crippen LogP contribution in [0.3, 0.4) is 0 Å². The van der Waals surface area contributed by atoms with Crippen LogP contribution in [0, 0.1) is 0 Å². The molecule has 3 aromatic carbocycles. The van der Waals surface area contributed by atoms with Crippen LogP contribution in [0.25, 0.3) is 12.2 Å². The molecule has 34 heavy (non-hydrogen) atoms. The molecule has 0 aromatic heterocycles. The second-order valence-corrected chi connectivity index (χ2v) is 9.94. The van der Waals surface area contributed by atoms with Gasteiger partial charge in [0, 0.05) is 30.8 Å². The molecule has 0 bridgehead atoms. The molecule has 0 atom stereocenters. The van der Waals surface area contributed by atoms with Gasteiger partial charge in [0.05, 0.1) is 0 Å². The van der Waals surface area contributed by atoms with Gasteiger partial charge in [0.1, 0.15) is 0 Å². The maximum absolute atomic E-state index is 13.5. The van der Waals surface area contributed by atoms with Gasteiger partial charge >= 0.3 is 0 Å². The molecule has 1 fully saturated rings. The second kappa shape index (κ2) is 10.8. The molecule has 0 radical (unpaired) electrons. The van der Waals surface area contributed by atoms with E-state index >= 15 is 0 Å². The van der Waals surface area contributed by atoms with Gasteiger partial charge in [-0.15, -0.1) is 0 Å². The summed E-state index contributed by atoms with van der Waals surface area (Å²) in [5.41, 5.74) is 7.75. The van der Waals surface area contributed by atoms with Crippen LogP contribution in [0.5, 0.6) is 0 Å². The van der Waals surface area contributed by atoms with Crippen LogP contribution in [0.4, 0.5) is 0 Å². The highest BCUT2D eigenvalue weighted by molar-refractivity contribution is 6.14. The largest absolute Gasteiger partial charge is 0.290 e. The summed E-state index contributed by atoms with van der Waals surface area (Å²) in [7, 11) is 0. The van der Waals surface area contributed by atoms with Crippen molar-refractivity contribution in [2.45, 2.75) is 46.1 Å². The van der Waals surface area contributed by atoms with E-state index in [1.54, 1.807) is 0 Å². The summed E-state index contributed by atoms with van der Waals surface area (Å²) in [6.45, 7) is 10.9. The number of likely N-dealkylation sites (tertiary alicyclic amines) is 1. The number of ketones is 1. The third-order valence-corrected chi connectivity index (χ3v) is 6.51. The molecule has 1 aliphatic heterocycles.